The molecule has 94 valence electrons. The van der Waals surface area contributed by atoms with E-state index >= 15 is 0 Å². The van der Waals surface area contributed by atoms with E-state index in [1.165, 1.54) is 6.07 Å². The summed E-state index contributed by atoms with van der Waals surface area (Å²) >= 11 is 0. The number of anilines is 1. The van der Waals surface area contributed by atoms with Gasteiger partial charge in [0.1, 0.15) is 0 Å². The van der Waals surface area contributed by atoms with Gasteiger partial charge in [-0.2, -0.15) is 0 Å². The minimum absolute atomic E-state index is 0.0998. The molecule has 0 amide bonds. The molecule has 1 fully saturated rings. The van der Waals surface area contributed by atoms with E-state index in [9.17, 15) is 8.42 Å². The van der Waals surface area contributed by atoms with Crippen molar-refractivity contribution in [2.75, 3.05) is 5.73 Å². The number of hydrogen-bond donors (Lipinski definition) is 2. The first-order valence-corrected chi connectivity index (χ1v) is 7.27. The van der Waals surface area contributed by atoms with Crippen LogP contribution >= 0.6 is 0 Å². The van der Waals surface area contributed by atoms with Gasteiger partial charge in [0.2, 0.25) is 10.0 Å². The largest absolute Gasteiger partial charge is 0.398 e. The fraction of sp³-hybridized carbons (Fsp3) is 0.500. The topological polar surface area (TPSA) is 72.2 Å². The molecule has 0 aromatic heterocycles. The third-order valence-corrected chi connectivity index (χ3v) is 4.92. The van der Waals surface area contributed by atoms with E-state index in [-0.39, 0.29) is 10.9 Å². The average molecular weight is 254 g/mol. The molecule has 4 nitrogen and oxygen atoms in total. The Labute approximate surface area is 102 Å². The Bertz CT molecular complexity index is 510. The number of aryl methyl sites for hydroxylation is 1. The van der Waals surface area contributed by atoms with Gasteiger partial charge in [0.15, 0.2) is 0 Å². The minimum atomic E-state index is -3.41. The number of nitrogen functional groups attached to an aromatic ring is 1. The van der Waals surface area contributed by atoms with Gasteiger partial charge >= 0.3 is 0 Å². The molecule has 17 heavy (non-hydrogen) atoms. The standard InChI is InChI=1S/C12H18N2O2S/c1-8-6-11(7-12(13)9(8)2)17(15,16)14-10-4-3-5-10/h6-7,10,14H,3-5,13H2,1-2H3. The summed E-state index contributed by atoms with van der Waals surface area (Å²) in [5.74, 6) is 0. The maximum Gasteiger partial charge on any atom is 0.240 e. The van der Waals surface area contributed by atoms with Crippen molar-refractivity contribution in [1.29, 1.82) is 0 Å². The lowest BCUT2D eigenvalue weighted by Crippen LogP contribution is -2.39. The third kappa shape index (κ3) is 2.45. The van der Waals surface area contributed by atoms with E-state index in [1.54, 1.807) is 6.07 Å². The van der Waals surface area contributed by atoms with Crippen LogP contribution in [0.4, 0.5) is 5.69 Å². The van der Waals surface area contributed by atoms with Gasteiger partial charge in [0.05, 0.1) is 4.90 Å². The summed E-state index contributed by atoms with van der Waals surface area (Å²) in [5.41, 5.74) is 8.17. The zero-order valence-electron chi connectivity index (χ0n) is 10.2. The molecule has 0 radical (unpaired) electrons. The summed E-state index contributed by atoms with van der Waals surface area (Å²) in [6.07, 6.45) is 2.96. The van der Waals surface area contributed by atoms with Gasteiger partial charge in [0.25, 0.3) is 0 Å². The molecule has 1 aromatic carbocycles. The Morgan fingerprint density at radius 3 is 2.41 bits per heavy atom. The van der Waals surface area contributed by atoms with E-state index in [0.717, 1.165) is 30.4 Å². The van der Waals surface area contributed by atoms with Crippen molar-refractivity contribution >= 4 is 15.7 Å². The predicted octanol–water partition coefficient (Wildman–Crippen LogP) is 1.72. The van der Waals surface area contributed by atoms with Crippen molar-refractivity contribution < 1.29 is 8.42 Å². The lowest BCUT2D eigenvalue weighted by atomic mass is 9.94. The van der Waals surface area contributed by atoms with E-state index in [2.05, 4.69) is 4.72 Å². The number of nitrogens with two attached hydrogens (primary N) is 1. The van der Waals surface area contributed by atoms with Crippen LogP contribution in [0.1, 0.15) is 30.4 Å². The zero-order valence-corrected chi connectivity index (χ0v) is 11.0. The second-order valence-electron chi connectivity index (χ2n) is 4.70. The second-order valence-corrected chi connectivity index (χ2v) is 6.42. The smallest absolute Gasteiger partial charge is 0.240 e. The normalized spacial score (nSPS) is 16.8. The number of hydrogen-bond acceptors (Lipinski definition) is 3. The summed E-state index contributed by atoms with van der Waals surface area (Å²) in [7, 11) is -3.41. The highest BCUT2D eigenvalue weighted by Gasteiger charge is 2.25. The Morgan fingerprint density at radius 1 is 1.29 bits per heavy atom. The van der Waals surface area contributed by atoms with Crippen LogP contribution in [0.2, 0.25) is 0 Å². The summed E-state index contributed by atoms with van der Waals surface area (Å²) in [5, 5.41) is 0. The summed E-state index contributed by atoms with van der Waals surface area (Å²) in [4.78, 5) is 0.269. The molecule has 3 N–H and O–H groups in total. The molecule has 1 aromatic rings. The highest BCUT2D eigenvalue weighted by atomic mass is 32.2. The monoisotopic (exact) mass is 254 g/mol. The molecule has 1 aliphatic carbocycles. The van der Waals surface area contributed by atoms with Gasteiger partial charge in [-0.15, -0.1) is 0 Å². The van der Waals surface area contributed by atoms with Crippen molar-refractivity contribution in [3.63, 3.8) is 0 Å². The first-order valence-electron chi connectivity index (χ1n) is 5.79. The number of sulfonamides is 1. The second kappa shape index (κ2) is 4.31. The molecule has 0 saturated heterocycles. The Balaban J connectivity index is 2.32. The minimum Gasteiger partial charge on any atom is -0.398 e. The van der Waals surface area contributed by atoms with Crippen molar-refractivity contribution in [3.05, 3.63) is 23.3 Å². The van der Waals surface area contributed by atoms with Gasteiger partial charge in [0, 0.05) is 11.7 Å². The van der Waals surface area contributed by atoms with Crippen LogP contribution in [0.25, 0.3) is 0 Å². The summed E-state index contributed by atoms with van der Waals surface area (Å²) in [6, 6.07) is 3.30. The van der Waals surface area contributed by atoms with Crippen LogP contribution < -0.4 is 10.5 Å². The van der Waals surface area contributed by atoms with Crippen LogP contribution in [0.15, 0.2) is 17.0 Å². The van der Waals surface area contributed by atoms with Crippen molar-refractivity contribution in [2.24, 2.45) is 0 Å². The highest BCUT2D eigenvalue weighted by Crippen LogP contribution is 2.24. The Hall–Kier alpha value is -1.07. The molecule has 0 bridgehead atoms. The third-order valence-electron chi connectivity index (χ3n) is 3.42. The fourth-order valence-electron chi connectivity index (χ4n) is 1.82. The van der Waals surface area contributed by atoms with Crippen LogP contribution in [-0.2, 0) is 10.0 Å². The van der Waals surface area contributed by atoms with Crippen molar-refractivity contribution in [3.8, 4) is 0 Å². The number of benzene rings is 1. The van der Waals surface area contributed by atoms with E-state index in [1.807, 2.05) is 13.8 Å². The molecule has 0 unspecified atom stereocenters. The molecule has 0 atom stereocenters. The molecular weight excluding hydrogens is 236 g/mol. The van der Waals surface area contributed by atoms with Gasteiger partial charge in [-0.3, -0.25) is 0 Å². The molecule has 0 spiro atoms. The SMILES string of the molecule is Cc1cc(S(=O)(=O)NC2CCC2)cc(N)c1C. The van der Waals surface area contributed by atoms with Gasteiger partial charge in [-0.1, -0.05) is 6.42 Å². The van der Waals surface area contributed by atoms with Crippen molar-refractivity contribution in [1.82, 2.24) is 4.72 Å². The predicted molar refractivity (Wildman–Crippen MR) is 68.3 cm³/mol. The van der Waals surface area contributed by atoms with Crippen LogP contribution in [0.5, 0.6) is 0 Å². The molecule has 0 aliphatic heterocycles. The average Bonchev–Trinajstić information content (AvgIpc) is 2.19. The van der Waals surface area contributed by atoms with Crippen LogP contribution in [0.3, 0.4) is 0 Å². The van der Waals surface area contributed by atoms with E-state index in [0.29, 0.717) is 5.69 Å². The Morgan fingerprint density at radius 2 is 1.94 bits per heavy atom. The van der Waals surface area contributed by atoms with E-state index in [4.69, 9.17) is 5.73 Å². The van der Waals surface area contributed by atoms with Gasteiger partial charge in [-0.25, -0.2) is 13.1 Å². The lowest BCUT2D eigenvalue weighted by Gasteiger charge is -2.26. The van der Waals surface area contributed by atoms with Crippen LogP contribution in [-0.4, -0.2) is 14.5 Å². The van der Waals surface area contributed by atoms with Crippen LogP contribution in [0, 0.1) is 13.8 Å². The first kappa shape index (κ1) is 12.4. The molecule has 5 heteroatoms. The molecule has 2 rings (SSSR count). The zero-order chi connectivity index (χ0) is 12.6. The Kier molecular flexibility index (Phi) is 3.14. The summed E-state index contributed by atoms with van der Waals surface area (Å²) < 4.78 is 26.9. The van der Waals surface area contributed by atoms with Gasteiger partial charge < -0.3 is 5.73 Å². The first-order chi connectivity index (χ1) is 7.90. The maximum atomic E-state index is 12.1. The van der Waals surface area contributed by atoms with Gasteiger partial charge in [-0.05, 0) is 49.9 Å². The number of nitrogens with one attached hydrogen (secondary N) is 1. The molecule has 0 heterocycles. The fourth-order valence-corrected chi connectivity index (χ4v) is 3.25. The summed E-state index contributed by atoms with van der Waals surface area (Å²) in [6.45, 7) is 3.76. The highest BCUT2D eigenvalue weighted by molar-refractivity contribution is 7.89. The maximum absolute atomic E-state index is 12.1. The number of rotatable bonds is 3. The molecular formula is C12H18N2O2S. The quantitative estimate of drug-likeness (QED) is 0.807. The molecule has 1 aliphatic rings. The van der Waals surface area contributed by atoms with Crippen molar-refractivity contribution in [2.45, 2.75) is 44.0 Å². The lowest BCUT2D eigenvalue weighted by molar-refractivity contribution is 0.383. The van der Waals surface area contributed by atoms with E-state index < -0.39 is 10.0 Å². The molecule has 1 saturated carbocycles.